The second-order valence-corrected chi connectivity index (χ2v) is 18.8. The lowest BCUT2D eigenvalue weighted by Crippen LogP contribution is -2.63. The highest BCUT2D eigenvalue weighted by molar-refractivity contribution is 5.99. The lowest BCUT2D eigenvalue weighted by atomic mass is 10.00. The molecule has 0 fully saturated rings. The fourth-order valence-corrected chi connectivity index (χ4v) is 7.23. The van der Waals surface area contributed by atoms with E-state index in [0.29, 0.717) is 0 Å². The zero-order valence-corrected chi connectivity index (χ0v) is 43.8. The van der Waals surface area contributed by atoms with E-state index in [2.05, 4.69) is 52.8 Å². The molecular formula is C47H73N13O18. The number of para-hydroxylation sites is 1. The number of nitrogens with one attached hydrogen (secondary N) is 11. The third-order valence-corrected chi connectivity index (χ3v) is 11.7. The average molecular weight is 1110 g/mol. The van der Waals surface area contributed by atoms with Crippen molar-refractivity contribution in [2.45, 2.75) is 127 Å². The second-order valence-electron chi connectivity index (χ2n) is 18.8. The maximum Gasteiger partial charge on any atom is 0.328 e. The summed E-state index contributed by atoms with van der Waals surface area (Å²) in [5.41, 5.74) is 12.9. The van der Waals surface area contributed by atoms with Gasteiger partial charge >= 0.3 is 5.97 Å². The van der Waals surface area contributed by atoms with Crippen LogP contribution in [-0.4, -0.2) is 206 Å². The first-order chi connectivity index (χ1) is 36.6. The summed E-state index contributed by atoms with van der Waals surface area (Å²) in [6, 6.07) is -7.28. The van der Waals surface area contributed by atoms with Crippen LogP contribution in [0.5, 0.6) is 0 Å². The van der Waals surface area contributed by atoms with Crippen LogP contribution in [0.4, 0.5) is 0 Å². The molecule has 434 valence electrons. The summed E-state index contributed by atoms with van der Waals surface area (Å²) < 4.78 is 0. The van der Waals surface area contributed by atoms with Gasteiger partial charge in [0.25, 0.3) is 0 Å². The second kappa shape index (κ2) is 32.0. The van der Waals surface area contributed by atoms with Crippen molar-refractivity contribution in [1.82, 2.24) is 58.2 Å². The molecule has 21 N–H and O–H groups in total. The minimum atomic E-state index is -1.86. The first-order valence-electron chi connectivity index (χ1n) is 24.5. The Labute approximate surface area is 446 Å². The fraction of sp³-hybridized carbons (Fsp3) is 0.574. The molecule has 1 aromatic heterocycles. The van der Waals surface area contributed by atoms with Crippen LogP contribution >= 0.6 is 0 Å². The normalized spacial score (nSPS) is 15.5. The Morgan fingerprint density at radius 3 is 1.45 bits per heavy atom. The molecule has 11 amide bonds. The van der Waals surface area contributed by atoms with Gasteiger partial charge in [0.1, 0.15) is 48.3 Å². The van der Waals surface area contributed by atoms with E-state index in [-0.39, 0.29) is 12.8 Å². The summed E-state index contributed by atoms with van der Waals surface area (Å²) in [6.45, 7) is 3.35. The molecule has 2 rings (SSSR count). The van der Waals surface area contributed by atoms with Gasteiger partial charge in [-0.1, -0.05) is 45.9 Å². The number of fused-ring (bicyclic) bond motifs is 1. The monoisotopic (exact) mass is 1110 g/mol. The summed E-state index contributed by atoms with van der Waals surface area (Å²) in [5.74, 6) is -14.5. The highest BCUT2D eigenvalue weighted by Crippen LogP contribution is 2.19. The van der Waals surface area contributed by atoms with Crippen LogP contribution in [-0.2, 0) is 64.0 Å². The molecule has 1 heterocycles. The number of rotatable bonds is 33. The number of aromatic amines is 1. The van der Waals surface area contributed by atoms with E-state index in [1.165, 1.54) is 27.7 Å². The Morgan fingerprint density at radius 2 is 0.949 bits per heavy atom. The number of aliphatic hydroxyl groups is 5. The van der Waals surface area contributed by atoms with Gasteiger partial charge in [-0.05, 0) is 50.2 Å². The summed E-state index contributed by atoms with van der Waals surface area (Å²) in [6.07, 6.45) is -2.25. The molecule has 0 aliphatic heterocycles. The van der Waals surface area contributed by atoms with Gasteiger partial charge < -0.3 is 100 Å². The Hall–Kier alpha value is -7.84. The van der Waals surface area contributed by atoms with E-state index in [4.69, 9.17) is 16.6 Å². The number of primary amides is 1. The quantitative estimate of drug-likeness (QED) is 0.0316. The van der Waals surface area contributed by atoms with Gasteiger partial charge in [-0.2, -0.15) is 0 Å². The third kappa shape index (κ3) is 20.9. The number of aromatic nitrogens is 1. The first kappa shape index (κ1) is 66.3. The number of carbonyl (C=O) groups is 12. The van der Waals surface area contributed by atoms with Gasteiger partial charge in [0.2, 0.25) is 65.0 Å². The van der Waals surface area contributed by atoms with Crippen molar-refractivity contribution in [3.05, 3.63) is 36.0 Å². The van der Waals surface area contributed by atoms with Gasteiger partial charge in [0, 0.05) is 23.5 Å². The number of benzene rings is 1. The van der Waals surface area contributed by atoms with E-state index < -0.39 is 189 Å². The van der Waals surface area contributed by atoms with Crippen molar-refractivity contribution in [2.75, 3.05) is 32.9 Å². The molecule has 0 aliphatic carbocycles. The highest BCUT2D eigenvalue weighted by Gasteiger charge is 2.37. The molecule has 0 aliphatic rings. The Kier molecular flexibility index (Phi) is 27.2. The molecule has 0 bridgehead atoms. The summed E-state index contributed by atoms with van der Waals surface area (Å²) >= 11 is 0. The smallest absolute Gasteiger partial charge is 0.328 e. The minimum absolute atomic E-state index is 0.126. The summed E-state index contributed by atoms with van der Waals surface area (Å²) in [4.78, 5) is 157. The number of carboxylic acid groups (broad SMARTS) is 1. The third-order valence-electron chi connectivity index (χ3n) is 11.7. The van der Waals surface area contributed by atoms with E-state index in [9.17, 15) is 83.1 Å². The number of aliphatic carboxylic acids is 1. The lowest BCUT2D eigenvalue weighted by molar-refractivity contribution is -0.143. The molecule has 2 aromatic rings. The number of amides is 11. The zero-order valence-electron chi connectivity index (χ0n) is 43.8. The largest absolute Gasteiger partial charge is 0.480 e. The van der Waals surface area contributed by atoms with Gasteiger partial charge in [0.15, 0.2) is 0 Å². The molecule has 0 spiro atoms. The standard InChI is InChI=1S/C47H73N13O18/c1-20(2)35(43(73)54-29(17-61)41(71)56-31(19-63)47(77)78)59-46(76)38(23(6)65)60-44(74)36(21(3)4)58-42(72)30(18-62)55-45(75)37(22(5)64)57-34(68)16-52-40(70)28(11-12-32(49)66)53-33(67)15-51-39(69)26(48)13-24-14-50-27-10-8-7-9-25(24)27/h7-10,14,20-23,26,28-31,35-38,50,61-65H,11-13,15-19,48H2,1-6H3,(H2,49,66)(H,51,69)(H,52,70)(H,53,67)(H,54,73)(H,55,75)(H,56,71)(H,57,68)(H,58,72)(H,59,76)(H,60,74)(H,77,78)/t22-,23-,26+,28+,29+,30+,31+,35+,36+,37+,38+/m1/s1. The Morgan fingerprint density at radius 1 is 0.526 bits per heavy atom. The Balaban J connectivity index is 2.07. The first-order valence-corrected chi connectivity index (χ1v) is 24.5. The predicted molar refractivity (Wildman–Crippen MR) is 272 cm³/mol. The lowest BCUT2D eigenvalue weighted by Gasteiger charge is -2.30. The van der Waals surface area contributed by atoms with Gasteiger partial charge in [-0.3, -0.25) is 52.7 Å². The van der Waals surface area contributed by atoms with E-state index in [1.807, 2.05) is 29.6 Å². The van der Waals surface area contributed by atoms with Crippen LogP contribution in [0.1, 0.15) is 59.9 Å². The van der Waals surface area contributed by atoms with Crippen molar-refractivity contribution < 1.29 is 88.2 Å². The Bertz CT molecular complexity index is 2450. The van der Waals surface area contributed by atoms with Crippen LogP contribution in [0, 0.1) is 11.8 Å². The molecule has 78 heavy (non-hydrogen) atoms. The fourth-order valence-electron chi connectivity index (χ4n) is 7.23. The number of aliphatic hydroxyl groups excluding tert-OH is 5. The number of hydrogen-bond donors (Lipinski definition) is 19. The van der Waals surface area contributed by atoms with Gasteiger partial charge in [0.05, 0.1) is 51.2 Å². The van der Waals surface area contributed by atoms with Crippen molar-refractivity contribution in [1.29, 1.82) is 0 Å². The van der Waals surface area contributed by atoms with Crippen LogP contribution in [0.25, 0.3) is 10.9 Å². The maximum absolute atomic E-state index is 13.6. The molecular weight excluding hydrogens is 1030 g/mol. The zero-order chi connectivity index (χ0) is 59.1. The number of hydrogen-bond acceptors (Lipinski definition) is 18. The summed E-state index contributed by atoms with van der Waals surface area (Å²) in [7, 11) is 0. The molecule has 31 nitrogen and oxygen atoms in total. The van der Waals surface area contributed by atoms with Crippen molar-refractivity contribution in [2.24, 2.45) is 23.3 Å². The number of carboxylic acids is 1. The predicted octanol–water partition coefficient (Wildman–Crippen LogP) is -8.45. The highest BCUT2D eigenvalue weighted by atomic mass is 16.4. The van der Waals surface area contributed by atoms with E-state index in [1.54, 1.807) is 6.20 Å². The molecule has 31 heteroatoms. The topological polar surface area (TPSA) is 514 Å². The molecule has 0 radical (unpaired) electrons. The van der Waals surface area contributed by atoms with Crippen molar-refractivity contribution in [3.63, 3.8) is 0 Å². The maximum atomic E-state index is 13.6. The SMILES string of the molecule is CC(C)[C@H](NC(=O)[C@H](CO)NC(=O)[C@@H](NC(=O)CNC(=O)[C@H](CCC(N)=O)NC(=O)CNC(=O)[C@@H](N)Cc1c[nH]c2ccccc12)[C@@H](C)O)C(=O)N[C@H](C(=O)N[C@H](C(=O)N[C@@H](CO)C(=O)N[C@@H](CO)C(=O)O)C(C)C)[C@@H](C)O. The average Bonchev–Trinajstić information content (AvgIpc) is 3.78. The van der Waals surface area contributed by atoms with Crippen LogP contribution < -0.4 is 64.6 Å². The molecule has 0 saturated heterocycles. The number of nitrogens with two attached hydrogens (primary N) is 2. The van der Waals surface area contributed by atoms with E-state index >= 15 is 0 Å². The molecule has 1 aromatic carbocycles. The minimum Gasteiger partial charge on any atom is -0.480 e. The van der Waals surface area contributed by atoms with Crippen molar-refractivity contribution >= 4 is 81.9 Å². The number of H-pyrrole nitrogens is 1. The van der Waals surface area contributed by atoms with Gasteiger partial charge in [-0.25, -0.2) is 4.79 Å². The van der Waals surface area contributed by atoms with Crippen molar-refractivity contribution in [3.8, 4) is 0 Å². The molecule has 11 atom stereocenters. The van der Waals surface area contributed by atoms with E-state index in [0.717, 1.165) is 30.3 Å². The molecule has 0 unspecified atom stereocenters. The number of carbonyl (C=O) groups excluding carboxylic acids is 11. The van der Waals surface area contributed by atoms with Crippen LogP contribution in [0.2, 0.25) is 0 Å². The molecule has 0 saturated carbocycles. The summed E-state index contributed by atoms with van der Waals surface area (Å²) in [5, 5.41) is 82.2. The van der Waals surface area contributed by atoms with Crippen LogP contribution in [0.15, 0.2) is 30.5 Å². The van der Waals surface area contributed by atoms with Gasteiger partial charge in [-0.15, -0.1) is 0 Å². The van der Waals surface area contributed by atoms with Crippen LogP contribution in [0.3, 0.4) is 0 Å².